The highest BCUT2D eigenvalue weighted by molar-refractivity contribution is 7.92. The fourth-order valence-electron chi connectivity index (χ4n) is 3.05. The van der Waals surface area contributed by atoms with E-state index in [1.807, 2.05) is 39.0 Å². The van der Waals surface area contributed by atoms with Crippen LogP contribution < -0.4 is 9.62 Å². The van der Waals surface area contributed by atoms with Crippen molar-refractivity contribution < 1.29 is 13.2 Å². The maximum atomic E-state index is 12.9. The molecule has 0 saturated carbocycles. The molecule has 0 aliphatic heterocycles. The number of aryl methyl sites for hydroxylation is 3. The summed E-state index contributed by atoms with van der Waals surface area (Å²) in [5.74, 6) is -0.379. The van der Waals surface area contributed by atoms with Crippen molar-refractivity contribution in [1.82, 2.24) is 5.32 Å². The van der Waals surface area contributed by atoms with Gasteiger partial charge in [-0.1, -0.05) is 35.9 Å². The standard InChI is InChI=1S/C21H27ClN2O3S/c1-13-7-9-18(11-15(13)3)16(4)23-21(25)17(5)24(28(6,26)27)20-12-19(22)10-8-14(20)2/h7-12,16-17H,1-6H3,(H,23,25)/t16-,17+/m0/s1. The van der Waals surface area contributed by atoms with Crippen molar-refractivity contribution in [2.24, 2.45) is 0 Å². The van der Waals surface area contributed by atoms with Crippen LogP contribution in [-0.2, 0) is 14.8 Å². The quantitative estimate of drug-likeness (QED) is 0.754. The Hall–Kier alpha value is -2.05. The number of nitrogens with one attached hydrogen (secondary N) is 1. The minimum absolute atomic E-state index is 0.254. The van der Waals surface area contributed by atoms with Gasteiger partial charge >= 0.3 is 0 Å². The lowest BCUT2D eigenvalue weighted by Gasteiger charge is -2.30. The Labute approximate surface area is 172 Å². The van der Waals surface area contributed by atoms with Crippen LogP contribution in [-0.4, -0.2) is 26.6 Å². The number of benzene rings is 2. The maximum Gasteiger partial charge on any atom is 0.244 e. The summed E-state index contributed by atoms with van der Waals surface area (Å²) in [6, 6.07) is 9.81. The summed E-state index contributed by atoms with van der Waals surface area (Å²) in [6.45, 7) is 9.28. The van der Waals surface area contributed by atoms with Crippen molar-refractivity contribution >= 4 is 33.2 Å². The molecule has 0 bridgehead atoms. The third kappa shape index (κ3) is 5.06. The topological polar surface area (TPSA) is 66.5 Å². The van der Waals surface area contributed by atoms with Gasteiger partial charge < -0.3 is 5.32 Å². The SMILES string of the molecule is Cc1ccc([C@H](C)NC(=O)[C@@H](C)N(c2cc(Cl)ccc2C)S(C)(=O)=O)cc1C. The summed E-state index contributed by atoms with van der Waals surface area (Å²) in [5, 5.41) is 3.33. The fourth-order valence-corrected chi connectivity index (χ4v) is 4.44. The largest absolute Gasteiger partial charge is 0.348 e. The Morgan fingerprint density at radius 2 is 1.61 bits per heavy atom. The van der Waals surface area contributed by atoms with Crippen LogP contribution in [0.1, 0.15) is 42.1 Å². The summed E-state index contributed by atoms with van der Waals surface area (Å²) >= 11 is 6.07. The smallest absolute Gasteiger partial charge is 0.244 e. The monoisotopic (exact) mass is 422 g/mol. The third-order valence-corrected chi connectivity index (χ3v) is 6.35. The van der Waals surface area contributed by atoms with Crippen molar-refractivity contribution in [3.05, 3.63) is 63.7 Å². The number of nitrogens with zero attached hydrogens (tertiary/aromatic N) is 1. The molecular formula is C21H27ClN2O3S. The molecule has 0 aromatic heterocycles. The number of anilines is 1. The minimum atomic E-state index is -3.70. The van der Waals surface area contributed by atoms with Crippen LogP contribution in [0.15, 0.2) is 36.4 Å². The van der Waals surface area contributed by atoms with E-state index in [1.54, 1.807) is 32.0 Å². The number of hydrogen-bond acceptors (Lipinski definition) is 3. The second kappa shape index (κ2) is 8.53. The number of hydrogen-bond donors (Lipinski definition) is 1. The van der Waals surface area contributed by atoms with Crippen LogP contribution in [0.25, 0.3) is 0 Å². The predicted molar refractivity (Wildman–Crippen MR) is 115 cm³/mol. The van der Waals surface area contributed by atoms with Gasteiger partial charge in [-0.05, 0) is 69.0 Å². The van der Waals surface area contributed by atoms with Gasteiger partial charge in [0.2, 0.25) is 15.9 Å². The molecular weight excluding hydrogens is 396 g/mol. The van der Waals surface area contributed by atoms with Gasteiger partial charge in [0.25, 0.3) is 0 Å². The van der Waals surface area contributed by atoms with Crippen LogP contribution in [0.4, 0.5) is 5.69 Å². The lowest BCUT2D eigenvalue weighted by Crippen LogP contribution is -2.48. The molecule has 2 aromatic rings. The Kier molecular flexibility index (Phi) is 6.78. The molecule has 0 spiro atoms. The molecule has 2 atom stereocenters. The molecule has 5 nitrogen and oxygen atoms in total. The summed E-state index contributed by atoms with van der Waals surface area (Å²) in [7, 11) is -3.70. The molecule has 0 saturated heterocycles. The van der Waals surface area contributed by atoms with E-state index < -0.39 is 16.1 Å². The average Bonchev–Trinajstić information content (AvgIpc) is 2.59. The summed E-state index contributed by atoms with van der Waals surface area (Å²) in [5.41, 5.74) is 4.40. The molecule has 2 rings (SSSR count). The number of halogens is 1. The molecule has 0 unspecified atom stereocenters. The summed E-state index contributed by atoms with van der Waals surface area (Å²) in [4.78, 5) is 12.9. The van der Waals surface area contributed by atoms with E-state index in [2.05, 4.69) is 5.32 Å². The highest BCUT2D eigenvalue weighted by Gasteiger charge is 2.31. The van der Waals surface area contributed by atoms with Gasteiger partial charge in [0.15, 0.2) is 0 Å². The first-order valence-corrected chi connectivity index (χ1v) is 11.3. The molecule has 1 amide bonds. The van der Waals surface area contributed by atoms with E-state index >= 15 is 0 Å². The Morgan fingerprint density at radius 3 is 2.18 bits per heavy atom. The third-order valence-electron chi connectivity index (χ3n) is 4.89. The highest BCUT2D eigenvalue weighted by atomic mass is 35.5. The molecule has 2 aromatic carbocycles. The molecule has 0 fully saturated rings. The van der Waals surface area contributed by atoms with Crippen LogP contribution in [0, 0.1) is 20.8 Å². The van der Waals surface area contributed by atoms with Crippen molar-refractivity contribution in [3.63, 3.8) is 0 Å². The van der Waals surface area contributed by atoms with Gasteiger partial charge in [0.1, 0.15) is 6.04 Å². The fraction of sp³-hybridized carbons (Fsp3) is 0.381. The molecule has 0 heterocycles. The Morgan fingerprint density at radius 1 is 1.00 bits per heavy atom. The maximum absolute atomic E-state index is 12.9. The number of sulfonamides is 1. The van der Waals surface area contributed by atoms with Gasteiger partial charge in [-0.15, -0.1) is 0 Å². The minimum Gasteiger partial charge on any atom is -0.348 e. The zero-order valence-electron chi connectivity index (χ0n) is 17.1. The molecule has 0 radical (unpaired) electrons. The summed E-state index contributed by atoms with van der Waals surface area (Å²) in [6.07, 6.45) is 1.09. The molecule has 1 N–H and O–H groups in total. The van der Waals surface area contributed by atoms with Gasteiger partial charge in [0.05, 0.1) is 18.0 Å². The first-order valence-electron chi connectivity index (χ1n) is 9.05. The number of carbonyl (C=O) groups is 1. The second-order valence-corrected chi connectivity index (χ2v) is 9.54. The van der Waals surface area contributed by atoms with E-state index in [0.29, 0.717) is 10.7 Å². The van der Waals surface area contributed by atoms with Crippen LogP contribution in [0.5, 0.6) is 0 Å². The second-order valence-electron chi connectivity index (χ2n) is 7.24. The van der Waals surface area contributed by atoms with Crippen molar-refractivity contribution in [3.8, 4) is 0 Å². The molecule has 0 aliphatic carbocycles. The van der Waals surface area contributed by atoms with E-state index in [-0.39, 0.29) is 11.9 Å². The normalized spacial score (nSPS) is 13.7. The molecule has 28 heavy (non-hydrogen) atoms. The lowest BCUT2D eigenvalue weighted by atomic mass is 10.0. The van der Waals surface area contributed by atoms with E-state index in [4.69, 9.17) is 11.6 Å². The number of amides is 1. The van der Waals surface area contributed by atoms with Gasteiger partial charge in [-0.3, -0.25) is 9.10 Å². The predicted octanol–water partition coefficient (Wildman–Crippen LogP) is 4.30. The zero-order chi connectivity index (χ0) is 21.2. The molecule has 7 heteroatoms. The Bertz CT molecular complexity index is 989. The zero-order valence-corrected chi connectivity index (χ0v) is 18.6. The van der Waals surface area contributed by atoms with Gasteiger partial charge in [-0.25, -0.2) is 8.42 Å². The average molecular weight is 423 g/mol. The summed E-state index contributed by atoms with van der Waals surface area (Å²) < 4.78 is 26.1. The van der Waals surface area contributed by atoms with Crippen molar-refractivity contribution in [1.29, 1.82) is 0 Å². The first-order chi connectivity index (χ1) is 12.9. The van der Waals surface area contributed by atoms with Crippen LogP contribution in [0.3, 0.4) is 0 Å². The first kappa shape index (κ1) is 22.2. The van der Waals surface area contributed by atoms with Crippen LogP contribution >= 0.6 is 11.6 Å². The van der Waals surface area contributed by atoms with Gasteiger partial charge in [-0.2, -0.15) is 0 Å². The lowest BCUT2D eigenvalue weighted by molar-refractivity contribution is -0.122. The molecule has 152 valence electrons. The van der Waals surface area contributed by atoms with Crippen molar-refractivity contribution in [2.75, 3.05) is 10.6 Å². The van der Waals surface area contributed by atoms with E-state index in [1.165, 1.54) is 5.56 Å². The van der Waals surface area contributed by atoms with E-state index in [0.717, 1.165) is 27.3 Å². The Balaban J connectivity index is 2.31. The van der Waals surface area contributed by atoms with Crippen molar-refractivity contribution in [2.45, 2.75) is 46.7 Å². The van der Waals surface area contributed by atoms with Gasteiger partial charge in [0, 0.05) is 5.02 Å². The van der Waals surface area contributed by atoms with E-state index in [9.17, 15) is 13.2 Å². The van der Waals surface area contributed by atoms with Crippen LogP contribution in [0.2, 0.25) is 5.02 Å². The number of carbonyl (C=O) groups excluding carboxylic acids is 1. The molecule has 0 aliphatic rings. The number of rotatable bonds is 6. The highest BCUT2D eigenvalue weighted by Crippen LogP contribution is 2.28.